The molecule has 0 aliphatic carbocycles. The Bertz CT molecular complexity index is 379. The molecule has 1 aromatic rings. The fourth-order valence-electron chi connectivity index (χ4n) is 1.17. The molecule has 0 bridgehead atoms. The van der Waals surface area contributed by atoms with E-state index in [0.29, 0.717) is 5.30 Å². The summed E-state index contributed by atoms with van der Waals surface area (Å²) in [6.07, 6.45) is 0. The molecule has 5 nitrogen and oxygen atoms in total. The average Bonchev–Trinajstić information content (AvgIpc) is 2.36. The Morgan fingerprint density at radius 1 is 1.19 bits per heavy atom. The molecule has 87 valence electrons. The maximum absolute atomic E-state index is 11.9. The molecular weight excluding hydrogens is 231 g/mol. The Morgan fingerprint density at radius 2 is 1.75 bits per heavy atom. The Morgan fingerprint density at radius 3 is 2.19 bits per heavy atom. The van der Waals surface area contributed by atoms with E-state index in [2.05, 4.69) is 4.74 Å². The van der Waals surface area contributed by atoms with E-state index in [-0.39, 0.29) is 6.61 Å². The van der Waals surface area contributed by atoms with Gasteiger partial charge in [-0.3, -0.25) is 4.57 Å². The summed E-state index contributed by atoms with van der Waals surface area (Å²) in [4.78, 5) is 9.87. The third-order valence-corrected chi connectivity index (χ3v) is 3.92. The third-order valence-electron chi connectivity index (χ3n) is 2.03. The standard InChI is InChI=1S/C10H12O5P/c1-13-16(12,14-2)10-5-3-9(4-6-10)7-15-8-11/h3-6H,7H2,1-2H3. The van der Waals surface area contributed by atoms with E-state index in [1.807, 2.05) is 0 Å². The van der Waals surface area contributed by atoms with Gasteiger partial charge in [-0.2, -0.15) is 0 Å². The Labute approximate surface area is 93.9 Å². The molecule has 0 amide bonds. The molecule has 0 atom stereocenters. The molecule has 6 heteroatoms. The first-order valence-corrected chi connectivity index (χ1v) is 6.00. The van der Waals surface area contributed by atoms with Crippen molar-refractivity contribution in [3.8, 4) is 0 Å². The monoisotopic (exact) mass is 243 g/mol. The summed E-state index contributed by atoms with van der Waals surface area (Å²) in [6, 6.07) is 6.57. The van der Waals surface area contributed by atoms with Crippen LogP contribution in [-0.2, 0) is 29.8 Å². The highest BCUT2D eigenvalue weighted by atomic mass is 31.2. The number of ether oxygens (including phenoxy) is 1. The van der Waals surface area contributed by atoms with Crippen molar-refractivity contribution in [1.29, 1.82) is 0 Å². The van der Waals surface area contributed by atoms with Crippen molar-refractivity contribution in [2.24, 2.45) is 0 Å². The molecule has 0 saturated carbocycles. The van der Waals surface area contributed by atoms with Crippen LogP contribution in [0.4, 0.5) is 0 Å². The van der Waals surface area contributed by atoms with Crippen LogP contribution in [-0.4, -0.2) is 20.7 Å². The predicted molar refractivity (Wildman–Crippen MR) is 58.2 cm³/mol. The first-order valence-electron chi connectivity index (χ1n) is 4.46. The number of hydrogen-bond donors (Lipinski definition) is 0. The van der Waals surface area contributed by atoms with Gasteiger partial charge in [0.05, 0.1) is 5.30 Å². The topological polar surface area (TPSA) is 61.8 Å². The average molecular weight is 243 g/mol. The first-order chi connectivity index (χ1) is 7.66. The van der Waals surface area contributed by atoms with Crippen LogP contribution in [0, 0.1) is 0 Å². The highest BCUT2D eigenvalue weighted by Gasteiger charge is 2.23. The zero-order valence-electron chi connectivity index (χ0n) is 9.00. The summed E-state index contributed by atoms with van der Waals surface area (Å²) in [5, 5.41) is 0.455. The van der Waals surface area contributed by atoms with Crippen LogP contribution in [0.2, 0.25) is 0 Å². The van der Waals surface area contributed by atoms with E-state index in [4.69, 9.17) is 9.05 Å². The van der Waals surface area contributed by atoms with E-state index in [9.17, 15) is 9.36 Å². The Hall–Kier alpha value is -1.16. The zero-order chi connectivity index (χ0) is 12.0. The zero-order valence-corrected chi connectivity index (χ0v) is 9.90. The molecule has 0 aliphatic heterocycles. The van der Waals surface area contributed by atoms with E-state index in [1.165, 1.54) is 20.7 Å². The van der Waals surface area contributed by atoms with Gasteiger partial charge >= 0.3 is 14.1 Å². The van der Waals surface area contributed by atoms with Gasteiger partial charge in [0, 0.05) is 14.2 Å². The summed E-state index contributed by atoms with van der Waals surface area (Å²) in [5.74, 6) is 0. The second-order valence-corrected chi connectivity index (χ2v) is 5.14. The molecule has 16 heavy (non-hydrogen) atoms. The molecule has 0 heterocycles. The van der Waals surface area contributed by atoms with Crippen LogP contribution in [0.1, 0.15) is 5.56 Å². The molecule has 1 rings (SSSR count). The summed E-state index contributed by atoms with van der Waals surface area (Å²) in [7, 11) is -0.553. The maximum atomic E-state index is 11.9. The van der Waals surface area contributed by atoms with E-state index < -0.39 is 7.60 Å². The van der Waals surface area contributed by atoms with Gasteiger partial charge in [0.25, 0.3) is 0 Å². The van der Waals surface area contributed by atoms with Gasteiger partial charge in [0.2, 0.25) is 0 Å². The van der Waals surface area contributed by atoms with E-state index in [0.717, 1.165) is 5.56 Å². The van der Waals surface area contributed by atoms with Crippen LogP contribution >= 0.6 is 7.60 Å². The number of hydrogen-bond acceptors (Lipinski definition) is 5. The largest absolute Gasteiger partial charge is 0.452 e. The lowest BCUT2D eigenvalue weighted by Crippen LogP contribution is -2.07. The molecule has 0 aliphatic rings. The summed E-state index contributed by atoms with van der Waals surface area (Å²) in [5.41, 5.74) is 0.769. The molecule has 0 aromatic heterocycles. The summed E-state index contributed by atoms with van der Waals surface area (Å²) >= 11 is 0. The quantitative estimate of drug-likeness (QED) is 0.706. The van der Waals surface area contributed by atoms with E-state index in [1.54, 1.807) is 24.3 Å². The molecule has 0 saturated heterocycles. The lowest BCUT2D eigenvalue weighted by atomic mass is 10.2. The minimum Gasteiger partial charge on any atom is -0.452 e. The third kappa shape index (κ3) is 2.92. The molecule has 1 aromatic carbocycles. The second-order valence-electron chi connectivity index (χ2n) is 2.90. The van der Waals surface area contributed by atoms with Gasteiger partial charge < -0.3 is 13.8 Å². The smallest absolute Gasteiger partial charge is 0.417 e. The molecular formula is C10H12O5P. The van der Waals surface area contributed by atoms with Crippen molar-refractivity contribution >= 4 is 19.4 Å². The van der Waals surface area contributed by atoms with Gasteiger partial charge in [-0.15, -0.1) is 0 Å². The van der Waals surface area contributed by atoms with E-state index >= 15 is 0 Å². The van der Waals surface area contributed by atoms with Crippen LogP contribution in [0.3, 0.4) is 0 Å². The van der Waals surface area contributed by atoms with Crippen molar-refractivity contribution in [3.05, 3.63) is 29.8 Å². The SMILES string of the molecule is COP(=O)(OC)c1ccc(CO[C]=O)cc1. The van der Waals surface area contributed by atoms with Gasteiger partial charge in [0.1, 0.15) is 6.61 Å². The van der Waals surface area contributed by atoms with Gasteiger partial charge in [-0.05, 0) is 17.7 Å². The predicted octanol–water partition coefficient (Wildman–Crippen LogP) is 1.38. The number of rotatable bonds is 6. The fourth-order valence-corrected chi connectivity index (χ4v) is 2.26. The van der Waals surface area contributed by atoms with Gasteiger partial charge in [0.15, 0.2) is 0 Å². The minimum absolute atomic E-state index is 0.133. The lowest BCUT2D eigenvalue weighted by molar-refractivity contribution is 0.267. The van der Waals surface area contributed by atoms with Crippen molar-refractivity contribution in [2.75, 3.05) is 14.2 Å². The van der Waals surface area contributed by atoms with Crippen molar-refractivity contribution in [3.63, 3.8) is 0 Å². The Kier molecular flexibility index (Phi) is 4.68. The molecule has 0 N–H and O–H groups in total. The minimum atomic E-state index is -3.20. The first kappa shape index (κ1) is 12.9. The van der Waals surface area contributed by atoms with Crippen LogP contribution in [0.15, 0.2) is 24.3 Å². The van der Waals surface area contributed by atoms with Gasteiger partial charge in [-0.25, -0.2) is 4.79 Å². The molecule has 0 unspecified atom stereocenters. The molecule has 0 spiro atoms. The normalized spacial score (nSPS) is 11.1. The summed E-state index contributed by atoms with van der Waals surface area (Å²) < 4.78 is 26.1. The Balaban J connectivity index is 2.85. The highest BCUT2D eigenvalue weighted by Crippen LogP contribution is 2.44. The van der Waals surface area contributed by atoms with Crippen molar-refractivity contribution < 1.29 is 23.1 Å². The van der Waals surface area contributed by atoms with Gasteiger partial charge in [-0.1, -0.05) is 12.1 Å². The molecule has 0 fully saturated rings. The van der Waals surface area contributed by atoms with Crippen LogP contribution in [0.5, 0.6) is 0 Å². The van der Waals surface area contributed by atoms with Crippen molar-refractivity contribution in [2.45, 2.75) is 6.61 Å². The van der Waals surface area contributed by atoms with Crippen LogP contribution in [0.25, 0.3) is 0 Å². The molecule has 1 radical (unpaired) electrons. The second kappa shape index (κ2) is 5.80. The summed E-state index contributed by atoms with van der Waals surface area (Å²) in [6.45, 7) is 1.46. The highest BCUT2D eigenvalue weighted by molar-refractivity contribution is 7.62. The van der Waals surface area contributed by atoms with Crippen LogP contribution < -0.4 is 5.30 Å². The number of carbonyl (C=O) groups excluding carboxylic acids is 1. The fraction of sp³-hybridized carbons (Fsp3) is 0.300. The number of benzene rings is 1. The maximum Gasteiger partial charge on any atom is 0.417 e. The lowest BCUT2D eigenvalue weighted by Gasteiger charge is -2.13. The van der Waals surface area contributed by atoms with Crippen molar-refractivity contribution in [1.82, 2.24) is 0 Å².